The molecule has 2 rings (SSSR count). The van der Waals surface area contributed by atoms with Crippen molar-refractivity contribution in [1.29, 1.82) is 5.26 Å². The third kappa shape index (κ3) is 2.60. The largest absolute Gasteiger partial charge is 0.377 e. The van der Waals surface area contributed by atoms with Crippen LogP contribution in [0.1, 0.15) is 16.3 Å². The first kappa shape index (κ1) is 11.6. The Hall–Kier alpha value is -1.93. The van der Waals surface area contributed by atoms with Crippen LogP contribution in [0.3, 0.4) is 0 Å². The molecule has 1 aromatic carbocycles. The molecule has 0 unspecified atom stereocenters. The molecule has 1 N–H and O–H groups in total. The number of thiazole rings is 1. The molecule has 0 saturated carbocycles. The van der Waals surface area contributed by atoms with E-state index in [9.17, 15) is 4.39 Å². The molecule has 0 aliphatic rings. The van der Waals surface area contributed by atoms with E-state index in [0.29, 0.717) is 12.2 Å². The molecule has 86 valence electrons. The number of hydrogen-bond acceptors (Lipinski definition) is 4. The monoisotopic (exact) mass is 247 g/mol. The molecular formula is C12H10FN3S. The normalized spacial score (nSPS) is 9.94. The summed E-state index contributed by atoms with van der Waals surface area (Å²) in [6, 6.07) is 6.38. The van der Waals surface area contributed by atoms with Gasteiger partial charge in [-0.05, 0) is 19.1 Å². The smallest absolute Gasteiger partial charge is 0.143 e. The summed E-state index contributed by atoms with van der Waals surface area (Å²) >= 11 is 1.54. The second kappa shape index (κ2) is 4.93. The molecule has 1 aromatic heterocycles. The van der Waals surface area contributed by atoms with Gasteiger partial charge in [0.05, 0.1) is 12.2 Å². The van der Waals surface area contributed by atoms with Crippen molar-refractivity contribution in [1.82, 2.24) is 4.98 Å². The SMILES string of the molecule is Cc1csc(CNc2cccc(F)c2C#N)n1. The van der Waals surface area contributed by atoms with Gasteiger partial charge in [-0.2, -0.15) is 5.26 Å². The molecule has 0 fully saturated rings. The summed E-state index contributed by atoms with van der Waals surface area (Å²) in [4.78, 5) is 4.28. The molecule has 2 aromatic rings. The van der Waals surface area contributed by atoms with Crippen LogP contribution in [0, 0.1) is 24.1 Å². The van der Waals surface area contributed by atoms with E-state index in [-0.39, 0.29) is 5.56 Å². The van der Waals surface area contributed by atoms with Crippen LogP contribution >= 0.6 is 11.3 Å². The number of nitrogens with zero attached hydrogens (tertiary/aromatic N) is 2. The Morgan fingerprint density at radius 1 is 1.53 bits per heavy atom. The number of nitriles is 1. The zero-order valence-corrected chi connectivity index (χ0v) is 10.0. The highest BCUT2D eigenvalue weighted by Crippen LogP contribution is 2.19. The highest BCUT2D eigenvalue weighted by Gasteiger charge is 2.07. The maximum Gasteiger partial charge on any atom is 0.143 e. The molecule has 0 amide bonds. The lowest BCUT2D eigenvalue weighted by Crippen LogP contribution is -2.02. The molecule has 1 heterocycles. The third-order valence-electron chi connectivity index (χ3n) is 2.22. The van der Waals surface area contributed by atoms with Crippen molar-refractivity contribution < 1.29 is 4.39 Å². The quantitative estimate of drug-likeness (QED) is 0.906. The molecule has 0 spiro atoms. The van der Waals surface area contributed by atoms with E-state index >= 15 is 0 Å². The van der Waals surface area contributed by atoms with Gasteiger partial charge in [0.25, 0.3) is 0 Å². The predicted molar refractivity (Wildman–Crippen MR) is 65.3 cm³/mol. The summed E-state index contributed by atoms with van der Waals surface area (Å²) in [5, 5.41) is 14.7. The topological polar surface area (TPSA) is 48.7 Å². The fourth-order valence-corrected chi connectivity index (χ4v) is 2.15. The first-order chi connectivity index (χ1) is 8.20. The lowest BCUT2D eigenvalue weighted by molar-refractivity contribution is 0.624. The van der Waals surface area contributed by atoms with Crippen LogP contribution in [0.2, 0.25) is 0 Å². The van der Waals surface area contributed by atoms with Crippen LogP contribution < -0.4 is 5.32 Å². The maximum atomic E-state index is 13.3. The molecule has 0 bridgehead atoms. The van der Waals surface area contributed by atoms with Gasteiger partial charge in [-0.1, -0.05) is 6.07 Å². The molecule has 3 nitrogen and oxygen atoms in total. The van der Waals surface area contributed by atoms with Gasteiger partial charge in [0, 0.05) is 11.1 Å². The second-order valence-corrected chi connectivity index (χ2v) is 4.45. The van der Waals surface area contributed by atoms with Crippen LogP contribution in [0.15, 0.2) is 23.6 Å². The van der Waals surface area contributed by atoms with E-state index in [4.69, 9.17) is 5.26 Å². The van der Waals surface area contributed by atoms with Crippen LogP contribution in [0.5, 0.6) is 0 Å². The van der Waals surface area contributed by atoms with Gasteiger partial charge in [-0.3, -0.25) is 0 Å². The van der Waals surface area contributed by atoms with E-state index in [1.807, 2.05) is 18.4 Å². The fraction of sp³-hybridized carbons (Fsp3) is 0.167. The van der Waals surface area contributed by atoms with Gasteiger partial charge in [0.2, 0.25) is 0 Å². The van der Waals surface area contributed by atoms with Crippen LogP contribution in [-0.2, 0) is 6.54 Å². The highest BCUT2D eigenvalue weighted by atomic mass is 32.1. The van der Waals surface area contributed by atoms with E-state index in [1.54, 1.807) is 12.1 Å². The van der Waals surface area contributed by atoms with E-state index in [1.165, 1.54) is 17.4 Å². The van der Waals surface area contributed by atoms with E-state index in [0.717, 1.165) is 10.7 Å². The summed E-state index contributed by atoms with van der Waals surface area (Å²) in [6.45, 7) is 2.42. The first-order valence-corrected chi connectivity index (χ1v) is 5.92. The number of hydrogen-bond donors (Lipinski definition) is 1. The van der Waals surface area contributed by atoms with Crippen molar-refractivity contribution in [3.05, 3.63) is 45.7 Å². The summed E-state index contributed by atoms with van der Waals surface area (Å²) in [6.07, 6.45) is 0. The zero-order chi connectivity index (χ0) is 12.3. The van der Waals surface area contributed by atoms with Gasteiger partial charge < -0.3 is 5.32 Å². The predicted octanol–water partition coefficient (Wildman–Crippen LogP) is 3.07. The average molecular weight is 247 g/mol. The standard InChI is InChI=1S/C12H10FN3S/c1-8-7-17-12(16-8)6-15-11-4-2-3-10(13)9(11)5-14/h2-4,7,15H,6H2,1H3. The zero-order valence-electron chi connectivity index (χ0n) is 9.20. The Labute approximate surface area is 103 Å². The van der Waals surface area contributed by atoms with Gasteiger partial charge in [-0.25, -0.2) is 9.37 Å². The summed E-state index contributed by atoms with van der Waals surface area (Å²) in [5.74, 6) is -0.507. The third-order valence-corrected chi connectivity index (χ3v) is 3.19. The maximum absolute atomic E-state index is 13.3. The minimum atomic E-state index is -0.507. The summed E-state index contributed by atoms with van der Waals surface area (Å²) < 4.78 is 13.3. The van der Waals surface area contributed by atoms with Crippen molar-refractivity contribution in [3.63, 3.8) is 0 Å². The van der Waals surface area contributed by atoms with E-state index < -0.39 is 5.82 Å². The molecule has 0 aliphatic heterocycles. The Morgan fingerprint density at radius 3 is 3.00 bits per heavy atom. The number of benzene rings is 1. The number of aryl methyl sites for hydroxylation is 1. The molecule has 5 heteroatoms. The van der Waals surface area contributed by atoms with Crippen LogP contribution in [0.25, 0.3) is 0 Å². The number of nitrogens with one attached hydrogen (secondary N) is 1. The average Bonchev–Trinajstić information content (AvgIpc) is 2.72. The Bertz CT molecular complexity index is 571. The number of halogens is 1. The Morgan fingerprint density at radius 2 is 2.35 bits per heavy atom. The van der Waals surface area contributed by atoms with Crippen molar-refractivity contribution in [2.75, 3.05) is 5.32 Å². The Kier molecular flexibility index (Phi) is 3.35. The molecule has 0 atom stereocenters. The second-order valence-electron chi connectivity index (χ2n) is 3.51. The van der Waals surface area contributed by atoms with Crippen molar-refractivity contribution >= 4 is 17.0 Å². The number of aromatic nitrogens is 1. The minimum absolute atomic E-state index is 0.0424. The highest BCUT2D eigenvalue weighted by molar-refractivity contribution is 7.09. The van der Waals surface area contributed by atoms with Gasteiger partial charge in [0.15, 0.2) is 0 Å². The Balaban J connectivity index is 2.14. The first-order valence-electron chi connectivity index (χ1n) is 5.04. The summed E-state index contributed by atoms with van der Waals surface area (Å²) in [5.41, 5.74) is 1.51. The molecule has 0 saturated heterocycles. The lowest BCUT2D eigenvalue weighted by atomic mass is 10.2. The van der Waals surface area contributed by atoms with Gasteiger partial charge in [0.1, 0.15) is 22.5 Å². The van der Waals surface area contributed by atoms with E-state index in [2.05, 4.69) is 10.3 Å². The molecular weight excluding hydrogens is 237 g/mol. The van der Waals surface area contributed by atoms with Crippen LogP contribution in [-0.4, -0.2) is 4.98 Å². The summed E-state index contributed by atoms with van der Waals surface area (Å²) in [7, 11) is 0. The van der Waals surface area contributed by atoms with Crippen molar-refractivity contribution in [2.24, 2.45) is 0 Å². The van der Waals surface area contributed by atoms with Gasteiger partial charge >= 0.3 is 0 Å². The molecule has 17 heavy (non-hydrogen) atoms. The molecule has 0 aliphatic carbocycles. The fourth-order valence-electron chi connectivity index (χ4n) is 1.44. The molecule has 0 radical (unpaired) electrons. The van der Waals surface area contributed by atoms with Crippen molar-refractivity contribution in [2.45, 2.75) is 13.5 Å². The van der Waals surface area contributed by atoms with Gasteiger partial charge in [-0.15, -0.1) is 11.3 Å². The van der Waals surface area contributed by atoms with Crippen LogP contribution in [0.4, 0.5) is 10.1 Å². The number of rotatable bonds is 3. The van der Waals surface area contributed by atoms with Crippen molar-refractivity contribution in [3.8, 4) is 6.07 Å². The number of anilines is 1. The lowest BCUT2D eigenvalue weighted by Gasteiger charge is -2.06. The minimum Gasteiger partial charge on any atom is -0.377 e.